The number of fused-ring (bicyclic) bond motifs is 1. The molecule has 140 valence electrons. The summed E-state index contributed by atoms with van der Waals surface area (Å²) in [6.07, 6.45) is 10.2. The maximum absolute atomic E-state index is 11.3. The summed E-state index contributed by atoms with van der Waals surface area (Å²) in [4.78, 5) is 4.31. The number of hydrogen-bond donors (Lipinski definition) is 1. The summed E-state index contributed by atoms with van der Waals surface area (Å²) in [6, 6.07) is 12.6. The predicted octanol–water partition coefficient (Wildman–Crippen LogP) is 5.87. The Morgan fingerprint density at radius 2 is 1.63 bits per heavy atom. The number of aliphatic hydroxyl groups is 1. The Labute approximate surface area is 165 Å². The first kappa shape index (κ1) is 17.3. The lowest BCUT2D eigenvalue weighted by atomic mass is 9.75. The summed E-state index contributed by atoms with van der Waals surface area (Å²) in [5, 5.41) is 12.1. The molecule has 0 radical (unpaired) electrons. The number of benzene rings is 1. The lowest BCUT2D eigenvalue weighted by Gasteiger charge is -2.33. The Morgan fingerprint density at radius 1 is 0.926 bits per heavy atom. The molecule has 2 heterocycles. The Hall–Kier alpha value is -1.84. The van der Waals surface area contributed by atoms with Gasteiger partial charge in [-0.25, -0.2) is 4.98 Å². The number of halogens is 1. The van der Waals surface area contributed by atoms with E-state index in [1.54, 1.807) is 0 Å². The molecule has 1 aromatic carbocycles. The van der Waals surface area contributed by atoms with Crippen molar-refractivity contribution >= 4 is 17.1 Å². The summed E-state index contributed by atoms with van der Waals surface area (Å²) in [7, 11) is 0. The van der Waals surface area contributed by atoms with Gasteiger partial charge in [0.15, 0.2) is 0 Å². The van der Waals surface area contributed by atoms with Gasteiger partial charge in [-0.1, -0.05) is 29.8 Å². The molecule has 2 fully saturated rings. The molecule has 3 aromatic rings. The van der Waals surface area contributed by atoms with E-state index in [0.717, 1.165) is 41.9 Å². The molecule has 2 saturated carbocycles. The summed E-state index contributed by atoms with van der Waals surface area (Å²) in [5.74, 6) is 1.52. The van der Waals surface area contributed by atoms with Crippen LogP contribution in [0.2, 0.25) is 5.02 Å². The van der Waals surface area contributed by atoms with E-state index in [0.29, 0.717) is 17.8 Å². The maximum atomic E-state index is 11.3. The first-order chi connectivity index (χ1) is 13.2. The van der Waals surface area contributed by atoms with Gasteiger partial charge in [0.05, 0.1) is 29.8 Å². The molecule has 0 aliphatic heterocycles. The fourth-order valence-electron chi connectivity index (χ4n) is 4.81. The molecular formula is C23H25ClN2O. The van der Waals surface area contributed by atoms with Gasteiger partial charge in [-0.15, -0.1) is 0 Å². The third kappa shape index (κ3) is 3.28. The Bertz CT molecular complexity index is 937. The lowest BCUT2D eigenvalue weighted by Crippen LogP contribution is -2.22. The maximum Gasteiger partial charge on any atom is 0.0995 e. The van der Waals surface area contributed by atoms with E-state index in [1.165, 1.54) is 24.0 Å². The van der Waals surface area contributed by atoms with Crippen molar-refractivity contribution in [1.29, 1.82) is 0 Å². The van der Waals surface area contributed by atoms with Gasteiger partial charge < -0.3 is 9.51 Å². The number of aliphatic hydroxyl groups excluding tert-OH is 1. The quantitative estimate of drug-likeness (QED) is 0.614. The van der Waals surface area contributed by atoms with Gasteiger partial charge in [-0.3, -0.25) is 0 Å². The molecule has 0 saturated heterocycles. The largest absolute Gasteiger partial charge is 0.387 e. The molecule has 1 atom stereocenters. The monoisotopic (exact) mass is 380 g/mol. The van der Waals surface area contributed by atoms with Crippen LogP contribution in [0.25, 0.3) is 5.52 Å². The summed E-state index contributed by atoms with van der Waals surface area (Å²) in [5.41, 5.74) is 4.86. The third-order valence-electron chi connectivity index (χ3n) is 6.51. The van der Waals surface area contributed by atoms with Crippen LogP contribution in [0, 0.1) is 5.92 Å². The zero-order chi connectivity index (χ0) is 18.4. The fraction of sp³-hybridized carbons (Fsp3) is 0.435. The van der Waals surface area contributed by atoms with Gasteiger partial charge in [0.25, 0.3) is 0 Å². The van der Waals surface area contributed by atoms with Crippen molar-refractivity contribution in [3.8, 4) is 0 Å². The van der Waals surface area contributed by atoms with Crippen molar-refractivity contribution in [2.75, 3.05) is 0 Å². The lowest BCUT2D eigenvalue weighted by molar-refractivity contribution is 0.0754. The summed E-state index contributed by atoms with van der Waals surface area (Å²) < 4.78 is 2.11. The molecular weight excluding hydrogens is 356 g/mol. The highest BCUT2D eigenvalue weighted by molar-refractivity contribution is 6.30. The Balaban J connectivity index is 1.37. The van der Waals surface area contributed by atoms with Gasteiger partial charge >= 0.3 is 0 Å². The minimum absolute atomic E-state index is 0.319. The molecule has 2 aromatic heterocycles. The van der Waals surface area contributed by atoms with Crippen LogP contribution in [0.3, 0.4) is 0 Å². The molecule has 0 spiro atoms. The number of aromatic nitrogens is 2. The average molecular weight is 381 g/mol. The second-order valence-corrected chi connectivity index (χ2v) is 8.68. The van der Waals surface area contributed by atoms with Crippen molar-refractivity contribution in [2.24, 2.45) is 5.92 Å². The number of rotatable bonds is 4. The molecule has 2 aliphatic rings. The van der Waals surface area contributed by atoms with E-state index in [4.69, 9.17) is 11.6 Å². The molecule has 4 heteroatoms. The van der Waals surface area contributed by atoms with E-state index >= 15 is 0 Å². The Morgan fingerprint density at radius 3 is 2.33 bits per heavy atom. The standard InChI is InChI=1S/C23H25ClN2O/c24-19-9-7-16(8-10-19)15-1-5-18(6-2-15)23(27)22-21(17-3-4-17)12-11-20-13-25-14-26(20)22/h7-15,17-18,23,27H,1-6H2/t15-,18-,23-/m0/s1. The molecule has 0 unspecified atom stereocenters. The first-order valence-electron chi connectivity index (χ1n) is 10.1. The van der Waals surface area contributed by atoms with Crippen molar-refractivity contribution in [3.05, 3.63) is 70.8 Å². The topological polar surface area (TPSA) is 37.5 Å². The minimum atomic E-state index is -0.412. The van der Waals surface area contributed by atoms with Crippen LogP contribution < -0.4 is 0 Å². The zero-order valence-electron chi connectivity index (χ0n) is 15.4. The molecule has 2 aliphatic carbocycles. The van der Waals surface area contributed by atoms with Crippen LogP contribution >= 0.6 is 11.6 Å². The van der Waals surface area contributed by atoms with E-state index in [1.807, 2.05) is 24.7 Å². The van der Waals surface area contributed by atoms with Gasteiger partial charge in [-0.2, -0.15) is 0 Å². The minimum Gasteiger partial charge on any atom is -0.387 e. The number of hydrogen-bond acceptors (Lipinski definition) is 2. The highest BCUT2D eigenvalue weighted by Crippen LogP contribution is 2.47. The van der Waals surface area contributed by atoms with Crippen LogP contribution in [0.15, 0.2) is 48.9 Å². The molecule has 27 heavy (non-hydrogen) atoms. The molecule has 5 rings (SSSR count). The predicted molar refractivity (Wildman–Crippen MR) is 108 cm³/mol. The van der Waals surface area contributed by atoms with E-state index in [-0.39, 0.29) is 0 Å². The normalized spacial score (nSPS) is 24.2. The molecule has 0 bridgehead atoms. The van der Waals surface area contributed by atoms with Gasteiger partial charge in [0, 0.05) is 5.02 Å². The van der Waals surface area contributed by atoms with Crippen LogP contribution in [0.4, 0.5) is 0 Å². The number of imidazole rings is 1. The third-order valence-corrected chi connectivity index (χ3v) is 6.77. The van der Waals surface area contributed by atoms with Crippen molar-refractivity contribution in [3.63, 3.8) is 0 Å². The smallest absolute Gasteiger partial charge is 0.0995 e. The van der Waals surface area contributed by atoms with Crippen LogP contribution in [-0.4, -0.2) is 14.5 Å². The highest BCUT2D eigenvalue weighted by atomic mass is 35.5. The Kier molecular flexibility index (Phi) is 4.45. The summed E-state index contributed by atoms with van der Waals surface area (Å²) >= 11 is 6.03. The van der Waals surface area contributed by atoms with Crippen molar-refractivity contribution in [1.82, 2.24) is 9.38 Å². The van der Waals surface area contributed by atoms with Crippen molar-refractivity contribution in [2.45, 2.75) is 56.5 Å². The number of nitrogens with zero attached hydrogens (tertiary/aromatic N) is 2. The second kappa shape index (κ2) is 6.96. The SMILES string of the molecule is O[C@H](c1c(C2CC2)ccc2cncn12)[C@H]1CC[C@H](c2ccc(Cl)cc2)CC1. The van der Waals surface area contributed by atoms with E-state index < -0.39 is 6.10 Å². The number of pyridine rings is 1. The molecule has 3 nitrogen and oxygen atoms in total. The van der Waals surface area contributed by atoms with Crippen LogP contribution in [-0.2, 0) is 0 Å². The van der Waals surface area contributed by atoms with E-state index in [9.17, 15) is 5.11 Å². The molecule has 0 amide bonds. The van der Waals surface area contributed by atoms with Gasteiger partial charge in [0.1, 0.15) is 0 Å². The highest BCUT2D eigenvalue weighted by Gasteiger charge is 2.34. The van der Waals surface area contributed by atoms with Crippen LogP contribution in [0.1, 0.15) is 73.3 Å². The molecule has 1 N–H and O–H groups in total. The fourth-order valence-corrected chi connectivity index (χ4v) is 4.93. The van der Waals surface area contributed by atoms with Crippen LogP contribution in [0.5, 0.6) is 0 Å². The van der Waals surface area contributed by atoms with Crippen molar-refractivity contribution < 1.29 is 5.11 Å². The summed E-state index contributed by atoms with van der Waals surface area (Å²) in [6.45, 7) is 0. The van der Waals surface area contributed by atoms with Gasteiger partial charge in [-0.05, 0) is 85.6 Å². The zero-order valence-corrected chi connectivity index (χ0v) is 16.1. The first-order valence-corrected chi connectivity index (χ1v) is 10.5. The van der Waals surface area contributed by atoms with Gasteiger partial charge in [0.2, 0.25) is 0 Å². The average Bonchev–Trinajstić information content (AvgIpc) is 3.44. The van der Waals surface area contributed by atoms with E-state index in [2.05, 4.69) is 33.7 Å². The second-order valence-electron chi connectivity index (χ2n) is 8.24.